The van der Waals surface area contributed by atoms with Gasteiger partial charge in [0.25, 0.3) is 0 Å². The Morgan fingerprint density at radius 1 is 1.53 bits per heavy atom. The molecule has 0 aliphatic rings. The highest BCUT2D eigenvalue weighted by Crippen LogP contribution is 2.26. The smallest absolute Gasteiger partial charge is 0.144 e. The zero-order valence-corrected chi connectivity index (χ0v) is 10.6. The molecular formula is C11H10ClFN2OS. The fourth-order valence-electron chi connectivity index (χ4n) is 1.35. The maximum absolute atomic E-state index is 13.0. The summed E-state index contributed by atoms with van der Waals surface area (Å²) in [6.07, 6.45) is 1.60. The van der Waals surface area contributed by atoms with E-state index in [2.05, 4.69) is 10.3 Å². The maximum atomic E-state index is 13.0. The number of thiazole rings is 1. The molecule has 2 rings (SSSR count). The third kappa shape index (κ3) is 3.08. The third-order valence-corrected chi connectivity index (χ3v) is 3.23. The van der Waals surface area contributed by atoms with Gasteiger partial charge in [0.15, 0.2) is 0 Å². The molecular weight excluding hydrogens is 263 g/mol. The number of anilines is 1. The first-order valence-electron chi connectivity index (χ1n) is 4.86. The number of nitrogens with zero attached hydrogens (tertiary/aromatic N) is 1. The van der Waals surface area contributed by atoms with Gasteiger partial charge < -0.3 is 10.1 Å². The predicted molar refractivity (Wildman–Crippen MR) is 67.4 cm³/mol. The van der Waals surface area contributed by atoms with E-state index in [-0.39, 0.29) is 5.82 Å². The maximum Gasteiger partial charge on any atom is 0.144 e. The number of nitrogens with one attached hydrogen (secondary N) is 1. The molecule has 1 aromatic carbocycles. The number of methoxy groups -OCH3 is 1. The standard InChI is InChI=1S/C11H10ClFN2OS/c1-16-9-4-7(13)2-3-8(9)14-6-11-15-5-10(12)17-11/h2-5,14H,6H2,1H3. The van der Waals surface area contributed by atoms with Gasteiger partial charge in [0.1, 0.15) is 20.9 Å². The normalized spacial score (nSPS) is 10.3. The molecule has 0 saturated carbocycles. The van der Waals surface area contributed by atoms with E-state index < -0.39 is 0 Å². The Bertz CT molecular complexity index is 518. The second-order valence-electron chi connectivity index (χ2n) is 3.26. The molecule has 0 spiro atoms. The quantitative estimate of drug-likeness (QED) is 0.924. The molecule has 0 radical (unpaired) electrons. The van der Waals surface area contributed by atoms with E-state index in [1.54, 1.807) is 12.3 Å². The van der Waals surface area contributed by atoms with Crippen molar-refractivity contribution in [2.24, 2.45) is 0 Å². The summed E-state index contributed by atoms with van der Waals surface area (Å²) >= 11 is 7.18. The zero-order chi connectivity index (χ0) is 12.3. The van der Waals surface area contributed by atoms with Crippen LogP contribution in [0.1, 0.15) is 5.01 Å². The Hall–Kier alpha value is -1.33. The van der Waals surface area contributed by atoms with Crippen LogP contribution >= 0.6 is 22.9 Å². The van der Waals surface area contributed by atoms with Gasteiger partial charge in [-0.1, -0.05) is 11.6 Å². The van der Waals surface area contributed by atoms with Crippen molar-refractivity contribution in [3.63, 3.8) is 0 Å². The van der Waals surface area contributed by atoms with Crippen LogP contribution in [0.4, 0.5) is 10.1 Å². The van der Waals surface area contributed by atoms with Crippen molar-refractivity contribution in [2.45, 2.75) is 6.54 Å². The van der Waals surface area contributed by atoms with Crippen molar-refractivity contribution >= 4 is 28.6 Å². The Kier molecular flexibility index (Phi) is 3.81. The molecule has 0 amide bonds. The van der Waals surface area contributed by atoms with Crippen LogP contribution in [0.15, 0.2) is 24.4 Å². The molecule has 1 heterocycles. The molecule has 17 heavy (non-hydrogen) atoms. The summed E-state index contributed by atoms with van der Waals surface area (Å²) in [5, 5.41) is 3.98. The lowest BCUT2D eigenvalue weighted by Crippen LogP contribution is -2.01. The summed E-state index contributed by atoms with van der Waals surface area (Å²) in [6, 6.07) is 4.33. The number of benzene rings is 1. The first-order chi connectivity index (χ1) is 8.19. The van der Waals surface area contributed by atoms with Gasteiger partial charge >= 0.3 is 0 Å². The molecule has 6 heteroatoms. The van der Waals surface area contributed by atoms with Crippen LogP contribution in [-0.4, -0.2) is 12.1 Å². The molecule has 0 bridgehead atoms. The molecule has 1 aromatic heterocycles. The lowest BCUT2D eigenvalue weighted by atomic mass is 10.3. The molecule has 2 aromatic rings. The van der Waals surface area contributed by atoms with Crippen molar-refractivity contribution < 1.29 is 9.13 Å². The monoisotopic (exact) mass is 272 g/mol. The van der Waals surface area contributed by atoms with Crippen molar-refractivity contribution in [1.29, 1.82) is 0 Å². The largest absolute Gasteiger partial charge is 0.494 e. The predicted octanol–water partition coefficient (Wildman–Crippen LogP) is 3.56. The first kappa shape index (κ1) is 12.1. The minimum absolute atomic E-state index is 0.329. The number of hydrogen-bond acceptors (Lipinski definition) is 4. The fraction of sp³-hybridized carbons (Fsp3) is 0.182. The minimum atomic E-state index is -0.329. The summed E-state index contributed by atoms with van der Waals surface area (Å²) in [4.78, 5) is 4.11. The summed E-state index contributed by atoms with van der Waals surface area (Å²) in [7, 11) is 1.50. The Morgan fingerprint density at radius 2 is 2.35 bits per heavy atom. The van der Waals surface area contributed by atoms with Crippen LogP contribution in [0.3, 0.4) is 0 Å². The molecule has 90 valence electrons. The second kappa shape index (κ2) is 5.33. The third-order valence-electron chi connectivity index (χ3n) is 2.12. The van der Waals surface area contributed by atoms with Gasteiger partial charge in [-0.25, -0.2) is 9.37 Å². The molecule has 0 fully saturated rings. The highest BCUT2D eigenvalue weighted by molar-refractivity contribution is 7.15. The highest BCUT2D eigenvalue weighted by Gasteiger charge is 2.05. The summed E-state index contributed by atoms with van der Waals surface area (Å²) in [5.74, 6) is 0.136. The highest BCUT2D eigenvalue weighted by atomic mass is 35.5. The Morgan fingerprint density at radius 3 is 3.00 bits per heavy atom. The topological polar surface area (TPSA) is 34.1 Å². The zero-order valence-electron chi connectivity index (χ0n) is 9.04. The van der Waals surface area contributed by atoms with E-state index in [4.69, 9.17) is 16.3 Å². The molecule has 1 N–H and O–H groups in total. The lowest BCUT2D eigenvalue weighted by molar-refractivity contribution is 0.413. The molecule has 3 nitrogen and oxygen atoms in total. The summed E-state index contributed by atoms with van der Waals surface area (Å²) in [5.41, 5.74) is 0.722. The van der Waals surface area contributed by atoms with Crippen LogP contribution in [0, 0.1) is 5.82 Å². The SMILES string of the molecule is COc1cc(F)ccc1NCc1ncc(Cl)s1. The van der Waals surface area contributed by atoms with Crippen molar-refractivity contribution in [1.82, 2.24) is 4.98 Å². The van der Waals surface area contributed by atoms with Gasteiger partial charge in [0.05, 0.1) is 25.5 Å². The van der Waals surface area contributed by atoms with Gasteiger partial charge in [-0.05, 0) is 12.1 Å². The van der Waals surface area contributed by atoms with Crippen LogP contribution < -0.4 is 10.1 Å². The first-order valence-corrected chi connectivity index (χ1v) is 6.06. The molecule has 0 aliphatic carbocycles. The summed E-state index contributed by atoms with van der Waals surface area (Å²) in [6.45, 7) is 0.527. The molecule has 0 unspecified atom stereocenters. The number of aromatic nitrogens is 1. The van der Waals surface area contributed by atoms with Crippen molar-refractivity contribution in [2.75, 3.05) is 12.4 Å². The molecule has 0 saturated heterocycles. The van der Waals surface area contributed by atoms with Crippen LogP contribution in [0.25, 0.3) is 0 Å². The van der Waals surface area contributed by atoms with Crippen molar-refractivity contribution in [3.8, 4) is 5.75 Å². The van der Waals surface area contributed by atoms with E-state index in [0.717, 1.165) is 10.7 Å². The van der Waals surface area contributed by atoms with Crippen molar-refractivity contribution in [3.05, 3.63) is 39.6 Å². The molecule has 0 atom stereocenters. The van der Waals surface area contributed by atoms with E-state index in [1.165, 1.54) is 30.6 Å². The van der Waals surface area contributed by atoms with Gasteiger partial charge in [-0.3, -0.25) is 0 Å². The Balaban J connectivity index is 2.08. The van der Waals surface area contributed by atoms with Crippen LogP contribution in [0.2, 0.25) is 4.34 Å². The van der Waals surface area contributed by atoms with E-state index in [0.29, 0.717) is 16.6 Å². The minimum Gasteiger partial charge on any atom is -0.494 e. The summed E-state index contributed by atoms with van der Waals surface area (Å²) < 4.78 is 18.7. The fourth-order valence-corrected chi connectivity index (χ4v) is 2.25. The van der Waals surface area contributed by atoms with Gasteiger partial charge in [-0.15, -0.1) is 11.3 Å². The van der Waals surface area contributed by atoms with Gasteiger partial charge in [0, 0.05) is 6.07 Å². The van der Waals surface area contributed by atoms with E-state index in [1.807, 2.05) is 0 Å². The van der Waals surface area contributed by atoms with Gasteiger partial charge in [0.2, 0.25) is 0 Å². The molecule has 0 aliphatic heterocycles. The van der Waals surface area contributed by atoms with Gasteiger partial charge in [-0.2, -0.15) is 0 Å². The lowest BCUT2D eigenvalue weighted by Gasteiger charge is -2.09. The number of halogens is 2. The van der Waals surface area contributed by atoms with E-state index >= 15 is 0 Å². The van der Waals surface area contributed by atoms with E-state index in [9.17, 15) is 4.39 Å². The average Bonchev–Trinajstić information content (AvgIpc) is 2.73. The Labute approximate surface area is 107 Å². The average molecular weight is 273 g/mol. The number of hydrogen-bond donors (Lipinski definition) is 1. The number of rotatable bonds is 4. The van der Waals surface area contributed by atoms with Crippen LogP contribution in [-0.2, 0) is 6.54 Å². The second-order valence-corrected chi connectivity index (χ2v) is 5.00. The number of ether oxygens (including phenoxy) is 1. The van der Waals surface area contributed by atoms with Crippen LogP contribution in [0.5, 0.6) is 5.75 Å².